The number of methoxy groups -OCH3 is 2. The van der Waals surface area contributed by atoms with Gasteiger partial charge in [0.15, 0.2) is 0 Å². The Morgan fingerprint density at radius 1 is 1.07 bits per heavy atom. The number of aromatic nitrogens is 1. The zero-order valence-electron chi connectivity index (χ0n) is 15.7. The van der Waals surface area contributed by atoms with Crippen LogP contribution in [0.4, 0.5) is 11.5 Å². The summed E-state index contributed by atoms with van der Waals surface area (Å²) in [7, 11) is 3.12. The van der Waals surface area contributed by atoms with E-state index in [2.05, 4.69) is 15.3 Å². The number of carbonyl (C=O) groups is 1. The molecule has 8 heteroatoms. The maximum absolute atomic E-state index is 12.4. The molecule has 0 radical (unpaired) electrons. The highest BCUT2D eigenvalue weighted by molar-refractivity contribution is 7.10. The maximum atomic E-state index is 12.4. The van der Waals surface area contributed by atoms with E-state index in [1.807, 2.05) is 18.2 Å². The molecular weight excluding hydrogens is 390 g/mol. The number of aromatic amines is 1. The van der Waals surface area contributed by atoms with Gasteiger partial charge in [-0.25, -0.2) is 4.99 Å². The number of thiazole rings is 1. The van der Waals surface area contributed by atoms with Crippen LogP contribution in [0.5, 0.6) is 11.5 Å². The van der Waals surface area contributed by atoms with Gasteiger partial charge >= 0.3 is 4.87 Å². The number of nitrogens with one attached hydrogen (secondary N) is 2. The molecule has 0 fully saturated rings. The monoisotopic (exact) mass is 407 g/mol. The minimum atomic E-state index is -0.349. The highest BCUT2D eigenvalue weighted by Gasteiger charge is 2.14. The summed E-state index contributed by atoms with van der Waals surface area (Å²) in [6.45, 7) is 0. The Labute approximate surface area is 169 Å². The average molecular weight is 407 g/mol. The zero-order chi connectivity index (χ0) is 20.4. The molecule has 0 saturated heterocycles. The number of rotatable bonds is 5. The van der Waals surface area contributed by atoms with Crippen LogP contribution in [0.25, 0.3) is 12.2 Å². The molecule has 2 heterocycles. The van der Waals surface area contributed by atoms with Gasteiger partial charge in [0.1, 0.15) is 17.3 Å². The van der Waals surface area contributed by atoms with E-state index in [-0.39, 0.29) is 10.8 Å². The fraction of sp³-hybridized carbons (Fsp3) is 0.0952. The molecule has 1 aromatic heterocycles. The topological polar surface area (TPSA) is 92.8 Å². The highest BCUT2D eigenvalue weighted by atomic mass is 32.1. The van der Waals surface area contributed by atoms with Gasteiger partial charge < -0.3 is 14.8 Å². The number of ether oxygens (including phenoxy) is 2. The summed E-state index contributed by atoms with van der Waals surface area (Å²) >= 11 is 1.00. The molecule has 7 nitrogen and oxygen atoms in total. The van der Waals surface area contributed by atoms with Gasteiger partial charge in [-0.05, 0) is 18.2 Å². The van der Waals surface area contributed by atoms with Gasteiger partial charge in [-0.15, -0.1) is 0 Å². The van der Waals surface area contributed by atoms with Crippen molar-refractivity contribution < 1.29 is 14.3 Å². The Kier molecular flexibility index (Phi) is 5.01. The van der Waals surface area contributed by atoms with Crippen LogP contribution >= 0.6 is 11.3 Å². The van der Waals surface area contributed by atoms with Crippen LogP contribution < -0.4 is 30.2 Å². The van der Waals surface area contributed by atoms with Crippen LogP contribution in [-0.2, 0) is 4.79 Å². The first-order valence-corrected chi connectivity index (χ1v) is 9.52. The first kappa shape index (κ1) is 18.7. The molecule has 1 aliphatic rings. The normalized spacial score (nSPS) is 14.0. The predicted molar refractivity (Wildman–Crippen MR) is 112 cm³/mol. The van der Waals surface area contributed by atoms with Gasteiger partial charge in [-0.1, -0.05) is 29.5 Å². The molecule has 0 saturated carbocycles. The summed E-state index contributed by atoms with van der Waals surface area (Å²) in [6.07, 6.45) is 3.43. The molecule has 0 unspecified atom stereocenters. The third-order valence-corrected chi connectivity index (χ3v) is 5.13. The number of anilines is 2. The van der Waals surface area contributed by atoms with Gasteiger partial charge in [-0.3, -0.25) is 14.6 Å². The largest absolute Gasteiger partial charge is 0.497 e. The van der Waals surface area contributed by atoms with Crippen LogP contribution in [0.15, 0.2) is 57.8 Å². The van der Waals surface area contributed by atoms with Crippen molar-refractivity contribution in [2.75, 3.05) is 19.5 Å². The van der Waals surface area contributed by atoms with Crippen molar-refractivity contribution in [3.8, 4) is 11.5 Å². The van der Waals surface area contributed by atoms with Crippen LogP contribution in [0, 0.1) is 0 Å². The van der Waals surface area contributed by atoms with Crippen molar-refractivity contribution in [3.05, 3.63) is 73.2 Å². The van der Waals surface area contributed by atoms with Gasteiger partial charge in [0.2, 0.25) is 0 Å². The Morgan fingerprint density at radius 2 is 1.79 bits per heavy atom. The third-order valence-electron chi connectivity index (χ3n) is 4.30. The maximum Gasteiger partial charge on any atom is 0.306 e. The fourth-order valence-corrected chi connectivity index (χ4v) is 3.66. The lowest BCUT2D eigenvalue weighted by molar-refractivity contribution is -0.114. The molecule has 3 aromatic rings. The number of hydrogen-bond acceptors (Lipinski definition) is 6. The highest BCUT2D eigenvalue weighted by Crippen LogP contribution is 2.30. The van der Waals surface area contributed by atoms with E-state index >= 15 is 0 Å². The second-order valence-corrected chi connectivity index (χ2v) is 7.21. The Morgan fingerprint density at radius 3 is 2.52 bits per heavy atom. The average Bonchev–Trinajstić information content (AvgIpc) is 3.06. The van der Waals surface area contributed by atoms with E-state index in [0.29, 0.717) is 38.8 Å². The molecule has 2 aromatic carbocycles. The van der Waals surface area contributed by atoms with Gasteiger partial charge in [0.05, 0.1) is 24.5 Å². The molecule has 1 aliphatic heterocycles. The van der Waals surface area contributed by atoms with Crippen molar-refractivity contribution in [2.45, 2.75) is 0 Å². The van der Waals surface area contributed by atoms with Crippen molar-refractivity contribution in [1.82, 2.24) is 4.98 Å². The molecule has 0 atom stereocenters. The smallest absolute Gasteiger partial charge is 0.306 e. The first-order chi connectivity index (χ1) is 14.1. The van der Waals surface area contributed by atoms with Gasteiger partial charge in [0.25, 0.3) is 5.91 Å². The van der Waals surface area contributed by atoms with Crippen LogP contribution in [0.1, 0.15) is 4.88 Å². The van der Waals surface area contributed by atoms with Crippen molar-refractivity contribution in [2.24, 2.45) is 4.99 Å². The summed E-state index contributed by atoms with van der Waals surface area (Å²) in [5, 5.41) is 4.65. The molecule has 29 heavy (non-hydrogen) atoms. The quantitative estimate of drug-likeness (QED) is 0.633. The molecule has 4 rings (SSSR count). The number of amides is 1. The Hall–Kier alpha value is -3.65. The van der Waals surface area contributed by atoms with E-state index in [4.69, 9.17) is 9.47 Å². The summed E-state index contributed by atoms with van der Waals surface area (Å²) < 4.78 is 10.6. The minimum absolute atomic E-state index is 0.241. The SMILES string of the molecule is COc1cc(Nc2[nH]c(=O)sc2/C=C2/C=c3ccccc3=NC2=O)cc(OC)c1. The molecule has 0 aliphatic carbocycles. The van der Waals surface area contributed by atoms with Crippen LogP contribution in [0.2, 0.25) is 0 Å². The molecule has 146 valence electrons. The number of para-hydroxylation sites is 1. The third kappa shape index (κ3) is 3.97. The number of nitrogens with zero attached hydrogens (tertiary/aromatic N) is 1. The number of H-pyrrole nitrogens is 1. The lowest BCUT2D eigenvalue weighted by atomic mass is 10.1. The summed E-state index contributed by atoms with van der Waals surface area (Å²) in [4.78, 5) is 31.6. The Balaban J connectivity index is 1.73. The fourth-order valence-electron chi connectivity index (χ4n) is 2.92. The van der Waals surface area contributed by atoms with E-state index in [0.717, 1.165) is 16.6 Å². The van der Waals surface area contributed by atoms with E-state index in [1.165, 1.54) is 0 Å². The number of carbonyl (C=O) groups excluding carboxylic acids is 1. The number of fused-ring (bicyclic) bond motifs is 1. The van der Waals surface area contributed by atoms with Gasteiger partial charge in [0, 0.05) is 34.7 Å². The van der Waals surface area contributed by atoms with Gasteiger partial charge in [-0.2, -0.15) is 0 Å². The van der Waals surface area contributed by atoms with E-state index in [9.17, 15) is 9.59 Å². The van der Waals surface area contributed by atoms with Crippen molar-refractivity contribution >= 4 is 40.9 Å². The first-order valence-electron chi connectivity index (χ1n) is 8.70. The molecule has 0 spiro atoms. The summed E-state index contributed by atoms with van der Waals surface area (Å²) in [5.41, 5.74) is 1.08. The molecular formula is C21H17N3O4S. The lowest BCUT2D eigenvalue weighted by Crippen LogP contribution is -2.29. The predicted octanol–water partition coefficient (Wildman–Crippen LogP) is 2.22. The summed E-state index contributed by atoms with van der Waals surface area (Å²) in [6, 6.07) is 12.7. The number of benzene rings is 2. The lowest BCUT2D eigenvalue weighted by Gasteiger charge is -2.10. The van der Waals surface area contributed by atoms with Crippen molar-refractivity contribution in [1.29, 1.82) is 0 Å². The van der Waals surface area contributed by atoms with Crippen LogP contribution in [0.3, 0.4) is 0 Å². The number of hydrogen-bond donors (Lipinski definition) is 2. The van der Waals surface area contributed by atoms with Crippen molar-refractivity contribution in [3.63, 3.8) is 0 Å². The second-order valence-electron chi connectivity index (χ2n) is 6.20. The Bertz CT molecular complexity index is 1280. The molecule has 0 bridgehead atoms. The molecule has 1 amide bonds. The standard InChI is InChI=1S/C21H17N3O4S/c1-27-15-9-14(10-16(11-15)28-2)22-19-18(29-21(26)24-19)8-13-7-12-5-3-4-6-17(12)23-20(13)25/h3-11,22H,1-2H3,(H,24,26)/b13-8-. The van der Waals surface area contributed by atoms with E-state index in [1.54, 1.807) is 50.6 Å². The second kappa shape index (κ2) is 7.76. The summed E-state index contributed by atoms with van der Waals surface area (Å²) in [5.74, 6) is 1.34. The zero-order valence-corrected chi connectivity index (χ0v) is 16.5. The molecule has 2 N–H and O–H groups in total. The van der Waals surface area contributed by atoms with E-state index < -0.39 is 0 Å². The minimum Gasteiger partial charge on any atom is -0.497 e. The van der Waals surface area contributed by atoms with Crippen LogP contribution in [-0.4, -0.2) is 25.1 Å².